The van der Waals surface area contributed by atoms with E-state index >= 15 is 0 Å². The number of fused-ring (bicyclic) bond motifs is 1. The summed E-state index contributed by atoms with van der Waals surface area (Å²) in [5.41, 5.74) is 4.93. The molecule has 0 saturated heterocycles. The number of rotatable bonds is 7. The SMILES string of the molecule is Cc1cnc(Nc2cccc(C(C)NC(C)C)c2)nc1Nc1ccc2oc(=O)[nH]c2c1. The summed E-state index contributed by atoms with van der Waals surface area (Å²) < 4.78 is 5.05. The molecule has 0 spiro atoms. The number of nitrogens with zero attached hydrogens (tertiary/aromatic N) is 2. The maximum atomic E-state index is 11.4. The molecule has 8 nitrogen and oxygen atoms in total. The molecule has 160 valence electrons. The zero-order valence-electron chi connectivity index (χ0n) is 18.0. The largest absolute Gasteiger partial charge is 0.417 e. The van der Waals surface area contributed by atoms with Crippen molar-refractivity contribution >= 4 is 34.2 Å². The first-order chi connectivity index (χ1) is 14.9. The number of anilines is 4. The van der Waals surface area contributed by atoms with Gasteiger partial charge in [-0.25, -0.2) is 9.78 Å². The first-order valence-corrected chi connectivity index (χ1v) is 10.2. The van der Waals surface area contributed by atoms with E-state index in [1.165, 1.54) is 5.56 Å². The Morgan fingerprint density at radius 3 is 2.65 bits per heavy atom. The molecular formula is C23H26N6O2. The van der Waals surface area contributed by atoms with Crippen LogP contribution in [0.15, 0.2) is 57.9 Å². The number of oxazole rings is 1. The van der Waals surface area contributed by atoms with E-state index < -0.39 is 5.76 Å². The molecule has 1 unspecified atom stereocenters. The summed E-state index contributed by atoms with van der Waals surface area (Å²) in [6, 6.07) is 14.2. The number of aromatic nitrogens is 3. The zero-order valence-corrected chi connectivity index (χ0v) is 18.0. The molecule has 8 heteroatoms. The van der Waals surface area contributed by atoms with E-state index in [4.69, 9.17) is 4.42 Å². The Kier molecular flexibility index (Phi) is 5.73. The van der Waals surface area contributed by atoms with Gasteiger partial charge in [-0.3, -0.25) is 4.98 Å². The fourth-order valence-corrected chi connectivity index (χ4v) is 3.41. The topological polar surface area (TPSA) is 108 Å². The highest BCUT2D eigenvalue weighted by molar-refractivity contribution is 5.78. The molecule has 4 rings (SSSR count). The zero-order chi connectivity index (χ0) is 22.0. The van der Waals surface area contributed by atoms with E-state index in [0.717, 1.165) is 16.9 Å². The number of aryl methyl sites for hydroxylation is 1. The van der Waals surface area contributed by atoms with Crippen molar-refractivity contribution in [3.63, 3.8) is 0 Å². The highest BCUT2D eigenvalue weighted by Crippen LogP contribution is 2.24. The minimum atomic E-state index is -0.475. The Bertz CT molecular complexity index is 1260. The van der Waals surface area contributed by atoms with Gasteiger partial charge in [-0.05, 0) is 49.7 Å². The smallest absolute Gasteiger partial charge is 0.408 e. The van der Waals surface area contributed by atoms with E-state index in [9.17, 15) is 4.79 Å². The van der Waals surface area contributed by atoms with Crippen LogP contribution in [0.3, 0.4) is 0 Å². The molecule has 0 radical (unpaired) electrons. The standard InChI is InChI=1S/C23H26N6O2/c1-13(2)25-15(4)16-6-5-7-17(10-16)27-22-24-12-14(3)21(29-22)26-18-8-9-20-19(11-18)28-23(30)31-20/h5-13,15,25H,1-4H3,(H,28,30)(H2,24,26,27,29). The van der Waals surface area contributed by atoms with E-state index in [2.05, 4.69) is 63.8 Å². The van der Waals surface area contributed by atoms with Crippen LogP contribution in [0.1, 0.15) is 37.9 Å². The molecule has 0 fully saturated rings. The van der Waals surface area contributed by atoms with Gasteiger partial charge in [0.1, 0.15) is 5.82 Å². The van der Waals surface area contributed by atoms with Gasteiger partial charge in [0.05, 0.1) is 5.52 Å². The van der Waals surface area contributed by atoms with Gasteiger partial charge in [0.25, 0.3) is 0 Å². The van der Waals surface area contributed by atoms with Crippen LogP contribution in [0.2, 0.25) is 0 Å². The summed E-state index contributed by atoms with van der Waals surface area (Å²) in [5, 5.41) is 10.1. The van der Waals surface area contributed by atoms with Crippen molar-refractivity contribution < 1.29 is 4.42 Å². The van der Waals surface area contributed by atoms with Gasteiger partial charge in [0.2, 0.25) is 5.95 Å². The maximum Gasteiger partial charge on any atom is 0.417 e. The first kappa shape index (κ1) is 20.6. The highest BCUT2D eigenvalue weighted by Gasteiger charge is 2.10. The van der Waals surface area contributed by atoms with Gasteiger partial charge >= 0.3 is 5.76 Å². The van der Waals surface area contributed by atoms with Crippen molar-refractivity contribution in [1.82, 2.24) is 20.3 Å². The summed E-state index contributed by atoms with van der Waals surface area (Å²) in [5.74, 6) is 0.693. The number of benzene rings is 2. The Labute approximate surface area is 180 Å². The van der Waals surface area contributed by atoms with Gasteiger partial charge in [-0.2, -0.15) is 4.98 Å². The molecule has 2 heterocycles. The molecule has 0 amide bonds. The minimum absolute atomic E-state index is 0.238. The third kappa shape index (κ3) is 4.92. The van der Waals surface area contributed by atoms with Crippen LogP contribution in [0.5, 0.6) is 0 Å². The summed E-state index contributed by atoms with van der Waals surface area (Å²) in [6.45, 7) is 8.35. The fraction of sp³-hybridized carbons (Fsp3) is 0.261. The van der Waals surface area contributed by atoms with Crippen LogP contribution in [0, 0.1) is 6.92 Å². The van der Waals surface area contributed by atoms with E-state index in [0.29, 0.717) is 28.9 Å². The molecule has 4 aromatic rings. The van der Waals surface area contributed by atoms with Crippen molar-refractivity contribution in [3.8, 4) is 0 Å². The Morgan fingerprint density at radius 1 is 1.03 bits per heavy atom. The number of hydrogen-bond donors (Lipinski definition) is 4. The van der Waals surface area contributed by atoms with Crippen LogP contribution in [0.25, 0.3) is 11.1 Å². The maximum absolute atomic E-state index is 11.4. The lowest BCUT2D eigenvalue weighted by molar-refractivity contribution is 0.506. The van der Waals surface area contributed by atoms with Crippen LogP contribution in [0.4, 0.5) is 23.1 Å². The molecule has 31 heavy (non-hydrogen) atoms. The molecular weight excluding hydrogens is 392 g/mol. The summed E-state index contributed by atoms with van der Waals surface area (Å²) in [6.07, 6.45) is 1.77. The van der Waals surface area contributed by atoms with Crippen LogP contribution in [-0.4, -0.2) is 21.0 Å². The predicted molar refractivity (Wildman–Crippen MR) is 123 cm³/mol. The average molecular weight is 419 g/mol. The normalized spacial score (nSPS) is 12.3. The van der Waals surface area contributed by atoms with Crippen molar-refractivity contribution in [2.75, 3.05) is 10.6 Å². The van der Waals surface area contributed by atoms with Gasteiger partial charge in [-0.1, -0.05) is 26.0 Å². The number of nitrogens with one attached hydrogen (secondary N) is 4. The quantitative estimate of drug-likeness (QED) is 0.342. The van der Waals surface area contributed by atoms with E-state index in [-0.39, 0.29) is 6.04 Å². The van der Waals surface area contributed by atoms with Crippen LogP contribution in [-0.2, 0) is 0 Å². The average Bonchev–Trinajstić information content (AvgIpc) is 3.09. The second kappa shape index (κ2) is 8.61. The molecule has 0 aliphatic rings. The molecule has 1 atom stereocenters. The van der Waals surface area contributed by atoms with Gasteiger partial charge in [0, 0.05) is 35.2 Å². The van der Waals surface area contributed by atoms with Crippen molar-refractivity contribution in [3.05, 3.63) is 70.3 Å². The van der Waals surface area contributed by atoms with Crippen LogP contribution >= 0.6 is 0 Å². The lowest BCUT2D eigenvalue weighted by atomic mass is 10.1. The van der Waals surface area contributed by atoms with E-state index in [1.54, 1.807) is 12.3 Å². The third-order valence-electron chi connectivity index (χ3n) is 4.88. The van der Waals surface area contributed by atoms with Gasteiger partial charge in [0.15, 0.2) is 5.58 Å². The van der Waals surface area contributed by atoms with E-state index in [1.807, 2.05) is 31.2 Å². The first-order valence-electron chi connectivity index (χ1n) is 10.2. The van der Waals surface area contributed by atoms with Crippen molar-refractivity contribution in [1.29, 1.82) is 0 Å². The molecule has 0 bridgehead atoms. The lowest BCUT2D eigenvalue weighted by Crippen LogP contribution is -2.26. The van der Waals surface area contributed by atoms with Gasteiger partial charge < -0.3 is 20.4 Å². The molecule has 2 aromatic carbocycles. The number of hydrogen-bond acceptors (Lipinski definition) is 7. The monoisotopic (exact) mass is 418 g/mol. The summed E-state index contributed by atoms with van der Waals surface area (Å²) in [4.78, 5) is 23.1. The Hall–Kier alpha value is -3.65. The fourth-order valence-electron chi connectivity index (χ4n) is 3.41. The summed E-state index contributed by atoms with van der Waals surface area (Å²) >= 11 is 0. The second-order valence-corrected chi connectivity index (χ2v) is 7.87. The highest BCUT2D eigenvalue weighted by atomic mass is 16.4. The lowest BCUT2D eigenvalue weighted by Gasteiger charge is -2.18. The molecule has 0 aliphatic carbocycles. The molecule has 2 aromatic heterocycles. The van der Waals surface area contributed by atoms with Crippen molar-refractivity contribution in [2.45, 2.75) is 39.8 Å². The van der Waals surface area contributed by atoms with Crippen LogP contribution < -0.4 is 21.7 Å². The van der Waals surface area contributed by atoms with Crippen molar-refractivity contribution in [2.24, 2.45) is 0 Å². The Morgan fingerprint density at radius 2 is 1.84 bits per heavy atom. The second-order valence-electron chi connectivity index (χ2n) is 7.87. The minimum Gasteiger partial charge on any atom is -0.408 e. The molecule has 4 N–H and O–H groups in total. The predicted octanol–water partition coefficient (Wildman–Crippen LogP) is 4.77. The van der Waals surface area contributed by atoms with Gasteiger partial charge in [-0.15, -0.1) is 0 Å². The summed E-state index contributed by atoms with van der Waals surface area (Å²) in [7, 11) is 0. The molecule has 0 saturated carbocycles. The Balaban J connectivity index is 1.54. The molecule has 0 aliphatic heterocycles. The number of aromatic amines is 1. The number of H-pyrrole nitrogens is 1. The third-order valence-corrected chi connectivity index (χ3v) is 4.88.